The van der Waals surface area contributed by atoms with Gasteiger partial charge in [-0.15, -0.1) is 0 Å². The molecule has 7 heteroatoms. The van der Waals surface area contributed by atoms with Crippen molar-refractivity contribution in [2.24, 2.45) is 0 Å². The monoisotopic (exact) mass is 468 g/mol. The maximum atomic E-state index is 13.3. The first-order valence-electron chi connectivity index (χ1n) is 10.0. The average molecular weight is 470 g/mol. The van der Waals surface area contributed by atoms with Crippen LogP contribution in [0.2, 0.25) is 15.1 Å². The summed E-state index contributed by atoms with van der Waals surface area (Å²) in [7, 11) is 0. The number of carbonyl (C=O) groups excluding carboxylic acids is 2. The summed E-state index contributed by atoms with van der Waals surface area (Å²) in [6, 6.07) is 11.9. The molecule has 0 aromatic heterocycles. The SMILES string of the molecule is CC[C@H](C)NC(=O)[C@H](CC)N(Cc1ccc(Cl)cc1)C(=O)Cc1ccc(Cl)c(Cl)c1. The van der Waals surface area contributed by atoms with Crippen molar-refractivity contribution in [3.63, 3.8) is 0 Å². The molecule has 0 unspecified atom stereocenters. The number of hydrogen-bond donors (Lipinski definition) is 1. The molecule has 0 spiro atoms. The number of nitrogens with one attached hydrogen (secondary N) is 1. The minimum atomic E-state index is -0.579. The normalized spacial score (nSPS) is 12.9. The van der Waals surface area contributed by atoms with E-state index in [0.717, 1.165) is 17.5 Å². The number of nitrogens with zero attached hydrogens (tertiary/aromatic N) is 1. The fourth-order valence-electron chi connectivity index (χ4n) is 3.07. The van der Waals surface area contributed by atoms with Gasteiger partial charge in [-0.1, -0.05) is 66.8 Å². The van der Waals surface area contributed by atoms with Crippen molar-refractivity contribution in [3.05, 3.63) is 68.7 Å². The molecule has 0 radical (unpaired) electrons. The summed E-state index contributed by atoms with van der Waals surface area (Å²) < 4.78 is 0. The number of rotatable bonds is 9. The topological polar surface area (TPSA) is 49.4 Å². The van der Waals surface area contributed by atoms with Crippen LogP contribution in [0.4, 0.5) is 0 Å². The lowest BCUT2D eigenvalue weighted by Gasteiger charge is -2.31. The summed E-state index contributed by atoms with van der Waals surface area (Å²) in [6.07, 6.45) is 1.44. The van der Waals surface area contributed by atoms with Gasteiger partial charge in [0.15, 0.2) is 0 Å². The van der Waals surface area contributed by atoms with E-state index in [1.54, 1.807) is 35.2 Å². The molecule has 0 saturated carbocycles. The zero-order valence-corrected chi connectivity index (χ0v) is 19.7. The Morgan fingerprint density at radius 3 is 2.13 bits per heavy atom. The highest BCUT2D eigenvalue weighted by Crippen LogP contribution is 2.24. The lowest BCUT2D eigenvalue weighted by Crippen LogP contribution is -2.51. The molecule has 2 aromatic carbocycles. The highest BCUT2D eigenvalue weighted by molar-refractivity contribution is 6.42. The first-order chi connectivity index (χ1) is 14.2. The molecule has 0 aliphatic rings. The van der Waals surface area contributed by atoms with Crippen LogP contribution in [0.25, 0.3) is 0 Å². The Labute approximate surface area is 193 Å². The van der Waals surface area contributed by atoms with Crippen molar-refractivity contribution in [1.82, 2.24) is 10.2 Å². The van der Waals surface area contributed by atoms with Gasteiger partial charge in [0.25, 0.3) is 0 Å². The Morgan fingerprint density at radius 1 is 0.933 bits per heavy atom. The first kappa shape index (κ1) is 24.5. The highest BCUT2D eigenvalue weighted by Gasteiger charge is 2.29. The molecule has 0 aliphatic carbocycles. The van der Waals surface area contributed by atoms with Crippen LogP contribution < -0.4 is 5.32 Å². The molecule has 2 aromatic rings. The summed E-state index contributed by atoms with van der Waals surface area (Å²) in [4.78, 5) is 27.8. The van der Waals surface area contributed by atoms with Crippen molar-refractivity contribution in [3.8, 4) is 0 Å². The van der Waals surface area contributed by atoms with E-state index in [0.29, 0.717) is 28.0 Å². The van der Waals surface area contributed by atoms with Crippen LogP contribution in [0.1, 0.15) is 44.7 Å². The number of carbonyl (C=O) groups is 2. The number of halogens is 3. The van der Waals surface area contributed by atoms with E-state index in [4.69, 9.17) is 34.8 Å². The molecule has 0 fully saturated rings. The van der Waals surface area contributed by atoms with E-state index in [9.17, 15) is 9.59 Å². The molecule has 4 nitrogen and oxygen atoms in total. The van der Waals surface area contributed by atoms with E-state index in [2.05, 4.69) is 5.32 Å². The second-order valence-corrected chi connectivity index (χ2v) is 8.57. The Kier molecular flexibility index (Phi) is 9.47. The van der Waals surface area contributed by atoms with Crippen molar-refractivity contribution in [2.45, 2.75) is 58.7 Å². The molecule has 2 amide bonds. The Hall–Kier alpha value is -1.75. The molecule has 0 heterocycles. The maximum absolute atomic E-state index is 13.3. The quantitative estimate of drug-likeness (QED) is 0.496. The summed E-state index contributed by atoms with van der Waals surface area (Å²) >= 11 is 18.1. The van der Waals surface area contributed by atoms with Gasteiger partial charge in [-0.3, -0.25) is 9.59 Å². The summed E-state index contributed by atoms with van der Waals surface area (Å²) in [6.45, 7) is 6.17. The predicted octanol–water partition coefficient (Wildman–Crippen LogP) is 5.91. The maximum Gasteiger partial charge on any atom is 0.243 e. The second-order valence-electron chi connectivity index (χ2n) is 7.32. The lowest BCUT2D eigenvalue weighted by atomic mass is 10.1. The van der Waals surface area contributed by atoms with Gasteiger partial charge in [0.05, 0.1) is 16.5 Å². The summed E-state index contributed by atoms with van der Waals surface area (Å²) in [5.41, 5.74) is 1.64. The summed E-state index contributed by atoms with van der Waals surface area (Å²) in [5, 5.41) is 4.45. The highest BCUT2D eigenvalue weighted by atomic mass is 35.5. The van der Waals surface area contributed by atoms with Crippen LogP contribution in [-0.4, -0.2) is 28.8 Å². The van der Waals surface area contributed by atoms with Crippen LogP contribution in [0.15, 0.2) is 42.5 Å². The molecular weight excluding hydrogens is 443 g/mol. The van der Waals surface area contributed by atoms with Gasteiger partial charge >= 0.3 is 0 Å². The predicted molar refractivity (Wildman–Crippen MR) is 124 cm³/mol. The molecule has 0 aliphatic heterocycles. The van der Waals surface area contributed by atoms with Crippen LogP contribution >= 0.6 is 34.8 Å². The Morgan fingerprint density at radius 2 is 1.57 bits per heavy atom. The van der Waals surface area contributed by atoms with Crippen molar-refractivity contribution >= 4 is 46.6 Å². The standard InChI is InChI=1S/C23H27Cl3N2O2/c1-4-15(3)27-23(30)21(5-2)28(14-16-6-9-18(24)10-7-16)22(29)13-17-8-11-19(25)20(26)12-17/h6-12,15,21H,4-5,13-14H2,1-3H3,(H,27,30)/t15-,21-/m0/s1. The van der Waals surface area contributed by atoms with Crippen LogP contribution in [0.3, 0.4) is 0 Å². The van der Waals surface area contributed by atoms with Crippen molar-refractivity contribution in [2.75, 3.05) is 0 Å². The van der Waals surface area contributed by atoms with Gasteiger partial charge in [0.2, 0.25) is 11.8 Å². The average Bonchev–Trinajstić information content (AvgIpc) is 2.71. The third-order valence-corrected chi connectivity index (χ3v) is 5.98. The van der Waals surface area contributed by atoms with Gasteiger partial charge in [0.1, 0.15) is 6.04 Å². The van der Waals surface area contributed by atoms with Crippen LogP contribution in [0.5, 0.6) is 0 Å². The van der Waals surface area contributed by atoms with Crippen LogP contribution in [0, 0.1) is 0 Å². The molecule has 1 N–H and O–H groups in total. The van der Waals surface area contributed by atoms with E-state index in [-0.39, 0.29) is 24.3 Å². The first-order valence-corrected chi connectivity index (χ1v) is 11.2. The van der Waals surface area contributed by atoms with E-state index < -0.39 is 6.04 Å². The lowest BCUT2D eigenvalue weighted by molar-refractivity contribution is -0.141. The second kappa shape index (κ2) is 11.6. The molecule has 162 valence electrons. The third-order valence-electron chi connectivity index (χ3n) is 4.99. The van der Waals surface area contributed by atoms with Gasteiger partial charge < -0.3 is 10.2 Å². The smallest absolute Gasteiger partial charge is 0.243 e. The van der Waals surface area contributed by atoms with E-state index >= 15 is 0 Å². The van der Waals surface area contributed by atoms with Gasteiger partial charge in [-0.2, -0.15) is 0 Å². The Balaban J connectivity index is 2.30. The minimum Gasteiger partial charge on any atom is -0.352 e. The molecular formula is C23H27Cl3N2O2. The van der Waals surface area contributed by atoms with E-state index in [1.165, 1.54) is 0 Å². The number of amides is 2. The van der Waals surface area contributed by atoms with Crippen molar-refractivity contribution < 1.29 is 9.59 Å². The minimum absolute atomic E-state index is 0.0362. The molecule has 0 saturated heterocycles. The van der Waals surface area contributed by atoms with Crippen molar-refractivity contribution in [1.29, 1.82) is 0 Å². The molecule has 30 heavy (non-hydrogen) atoms. The third kappa shape index (κ3) is 6.90. The zero-order valence-electron chi connectivity index (χ0n) is 17.4. The number of benzene rings is 2. The Bertz CT molecular complexity index is 871. The van der Waals surface area contributed by atoms with Gasteiger partial charge in [-0.05, 0) is 55.2 Å². The molecule has 0 bridgehead atoms. The fraction of sp³-hybridized carbons (Fsp3) is 0.391. The van der Waals surface area contributed by atoms with E-state index in [1.807, 2.05) is 32.9 Å². The van der Waals surface area contributed by atoms with Gasteiger partial charge in [-0.25, -0.2) is 0 Å². The fourth-order valence-corrected chi connectivity index (χ4v) is 3.52. The van der Waals surface area contributed by atoms with Gasteiger partial charge in [0, 0.05) is 17.6 Å². The molecule has 2 rings (SSSR count). The largest absolute Gasteiger partial charge is 0.352 e. The van der Waals surface area contributed by atoms with Crippen LogP contribution in [-0.2, 0) is 22.6 Å². The summed E-state index contributed by atoms with van der Waals surface area (Å²) in [5.74, 6) is -0.308. The molecule has 2 atom stereocenters. The zero-order chi connectivity index (χ0) is 22.3. The number of hydrogen-bond acceptors (Lipinski definition) is 2.